The summed E-state index contributed by atoms with van der Waals surface area (Å²) in [5.41, 5.74) is 26.0. The summed E-state index contributed by atoms with van der Waals surface area (Å²) in [4.78, 5) is 0. The number of nitrogens with zero attached hydrogens (tertiary/aromatic N) is 4. The van der Waals surface area contributed by atoms with E-state index in [-0.39, 0.29) is 0 Å². The highest BCUT2D eigenvalue weighted by molar-refractivity contribution is 7.47. The fraction of sp³-hybridized carbons (Fsp3) is 0.105. The first kappa shape index (κ1) is 52.1. The number of hydrogen-bond acceptors (Lipinski definition) is 8. The maximum Gasteiger partial charge on any atom is 0.0838 e. The molecule has 424 valence electrons. The smallest absolute Gasteiger partial charge is 0.0838 e. The van der Waals surface area contributed by atoms with Crippen LogP contribution < -0.4 is 0 Å². The van der Waals surface area contributed by atoms with Gasteiger partial charge in [-0.05, 0) is 150 Å². The van der Waals surface area contributed by atoms with Crippen molar-refractivity contribution in [3.8, 4) is 22.7 Å². The minimum atomic E-state index is 1.23. The van der Waals surface area contributed by atoms with Crippen molar-refractivity contribution >= 4 is 232 Å². The number of aryl methyl sites for hydroxylation is 8. The average Bonchev–Trinajstić information content (AvgIpc) is 1.54. The van der Waals surface area contributed by atoms with Crippen LogP contribution in [0.4, 0.5) is 0 Å². The Balaban J connectivity index is 0.000000128. The molecule has 12 aromatic heterocycles. The molecule has 0 aliphatic heterocycles. The maximum absolute atomic E-state index is 2.56. The van der Waals surface area contributed by atoms with Gasteiger partial charge in [0.1, 0.15) is 0 Å². The second kappa shape index (κ2) is 18.8. The molecule has 0 radical (unpaired) electrons. The lowest BCUT2D eigenvalue weighted by atomic mass is 10.2. The number of thiophene rings is 8. The molecular weight excluding hydrogens is 1230 g/mol. The van der Waals surface area contributed by atoms with Gasteiger partial charge in [0.15, 0.2) is 0 Å². The molecule has 4 nitrogen and oxygen atoms in total. The molecule has 0 N–H and O–H groups in total. The zero-order valence-corrected chi connectivity index (χ0v) is 55.8. The van der Waals surface area contributed by atoms with Crippen molar-refractivity contribution in [1.29, 1.82) is 0 Å². The van der Waals surface area contributed by atoms with Gasteiger partial charge in [-0.15, -0.1) is 90.7 Å². The van der Waals surface area contributed by atoms with Crippen LogP contribution in [-0.4, -0.2) is 18.3 Å². The Hall–Kier alpha value is -7.88. The van der Waals surface area contributed by atoms with Crippen molar-refractivity contribution < 1.29 is 0 Å². The third-order valence-electron chi connectivity index (χ3n) is 18.0. The largest absolute Gasteiger partial charge is 0.307 e. The second-order valence-electron chi connectivity index (χ2n) is 24.2. The molecule has 12 heteroatoms. The van der Waals surface area contributed by atoms with Crippen molar-refractivity contribution in [2.45, 2.75) is 55.4 Å². The van der Waals surface area contributed by atoms with E-state index < -0.39 is 0 Å². The quantitative estimate of drug-likeness (QED) is 0.167. The standard InChI is InChI=1S/2C38H26N2S4/c1-19-5-11-23(12-6-19)39-27-17-21(3)9-15-25(27)31-29(39)33-35(41-31)37-38(43-33)36-34(44-37)30-32(42-36)26-16-10-22(4)18-28(26)40(30)24-13-7-20(2)8-14-24;1-19-5-11-23(12-6-19)39-29-25-15-9-21(3)17-27(25)41-33(29)35-31(39)37-38(43-35)32-36(44-37)34-30(26-16-10-22(4)18-28(26)42-34)40(32)24-13-7-20(2)8-14-24/h2*5-18H,1-4H3. The van der Waals surface area contributed by atoms with Crippen LogP contribution in [-0.2, 0) is 0 Å². The highest BCUT2D eigenvalue weighted by atomic mass is 32.1. The fourth-order valence-electron chi connectivity index (χ4n) is 13.8. The normalized spacial score (nSPS) is 12.5. The molecule has 0 fully saturated rings. The van der Waals surface area contributed by atoms with E-state index in [2.05, 4.69) is 244 Å². The molecule has 0 spiro atoms. The van der Waals surface area contributed by atoms with E-state index in [1.54, 1.807) is 0 Å². The summed E-state index contributed by atoms with van der Waals surface area (Å²) in [5, 5.41) is 5.40. The Bertz CT molecular complexity index is 5970. The Kier molecular flexibility index (Phi) is 11.1. The van der Waals surface area contributed by atoms with Gasteiger partial charge in [-0.3, -0.25) is 0 Å². The first-order valence-electron chi connectivity index (χ1n) is 29.7. The molecule has 0 bridgehead atoms. The lowest BCUT2D eigenvalue weighted by Gasteiger charge is -2.08. The molecule has 8 aromatic carbocycles. The van der Waals surface area contributed by atoms with Crippen molar-refractivity contribution in [2.75, 3.05) is 0 Å². The SMILES string of the molecule is Cc1ccc(-n2c3c4ccc(C)cc4sc3c3sc4c(sc5c6sc7cc(C)ccc7c6n(-c6ccc(C)cc6)c54)c32)cc1.Cc1ccc(-n2c3cc(C)ccc3c3sc4c5sc6c(sc7c8ccc(C)cc8n(-c8ccc(C)cc8)c76)c5sc4c32)cc1. The van der Waals surface area contributed by atoms with Gasteiger partial charge in [-0.2, -0.15) is 0 Å². The summed E-state index contributed by atoms with van der Waals surface area (Å²) in [6.45, 7) is 17.5. The van der Waals surface area contributed by atoms with Gasteiger partial charge in [0, 0.05) is 53.7 Å². The fourth-order valence-corrected chi connectivity index (χ4v) is 25.5. The predicted molar refractivity (Wildman–Crippen MR) is 396 cm³/mol. The van der Waals surface area contributed by atoms with Crippen molar-refractivity contribution in [1.82, 2.24) is 18.3 Å². The van der Waals surface area contributed by atoms with Gasteiger partial charge in [0.2, 0.25) is 0 Å². The van der Waals surface area contributed by atoms with Crippen LogP contribution in [0.2, 0.25) is 0 Å². The number of fused-ring (bicyclic) bond motifs is 26. The van der Waals surface area contributed by atoms with E-state index in [0.29, 0.717) is 0 Å². The molecule has 0 aliphatic rings. The number of rotatable bonds is 4. The third-order valence-corrected chi connectivity index (χ3v) is 28.7. The number of hydrogen-bond donors (Lipinski definition) is 0. The Labute approximate surface area is 537 Å². The van der Waals surface area contributed by atoms with Crippen LogP contribution in [0, 0.1) is 55.4 Å². The zero-order chi connectivity index (χ0) is 58.9. The second-order valence-corrected chi connectivity index (χ2v) is 32.5. The van der Waals surface area contributed by atoms with Crippen LogP contribution in [0.3, 0.4) is 0 Å². The highest BCUT2D eigenvalue weighted by Gasteiger charge is 2.30. The Morgan fingerprint density at radius 1 is 0.193 bits per heavy atom. The van der Waals surface area contributed by atoms with E-state index in [1.165, 1.54) is 208 Å². The molecule has 88 heavy (non-hydrogen) atoms. The topological polar surface area (TPSA) is 19.7 Å². The van der Waals surface area contributed by atoms with Gasteiger partial charge in [0.05, 0.1) is 110 Å². The summed E-state index contributed by atoms with van der Waals surface area (Å²) in [7, 11) is 0. The van der Waals surface area contributed by atoms with Crippen LogP contribution in [0.1, 0.15) is 44.5 Å². The summed E-state index contributed by atoms with van der Waals surface area (Å²) in [6, 6.07) is 63.9. The molecule has 20 aromatic rings. The van der Waals surface area contributed by atoms with E-state index in [4.69, 9.17) is 0 Å². The summed E-state index contributed by atoms with van der Waals surface area (Å²) >= 11 is 15.8. The molecule has 0 amide bonds. The molecule has 20 rings (SSSR count). The molecule has 0 atom stereocenters. The van der Waals surface area contributed by atoms with Crippen LogP contribution in [0.15, 0.2) is 170 Å². The third kappa shape index (κ3) is 7.31. The van der Waals surface area contributed by atoms with E-state index in [9.17, 15) is 0 Å². The van der Waals surface area contributed by atoms with Gasteiger partial charge in [-0.1, -0.05) is 119 Å². The summed E-state index contributed by atoms with van der Waals surface area (Å²) in [5.74, 6) is 0. The van der Waals surface area contributed by atoms with Gasteiger partial charge in [-0.25, -0.2) is 0 Å². The first-order chi connectivity index (χ1) is 42.9. The summed E-state index contributed by atoms with van der Waals surface area (Å²) in [6.07, 6.45) is 0. The van der Waals surface area contributed by atoms with E-state index in [1.807, 2.05) is 90.7 Å². The molecule has 12 heterocycles. The highest BCUT2D eigenvalue weighted by Crippen LogP contribution is 2.58. The molecular formula is C76H52N4S8. The van der Waals surface area contributed by atoms with Crippen LogP contribution in [0.5, 0.6) is 0 Å². The van der Waals surface area contributed by atoms with Crippen LogP contribution in [0.25, 0.3) is 164 Å². The van der Waals surface area contributed by atoms with Crippen molar-refractivity contribution in [3.05, 3.63) is 214 Å². The molecule has 0 saturated carbocycles. The number of aromatic nitrogens is 4. The molecule has 0 saturated heterocycles. The lowest BCUT2D eigenvalue weighted by molar-refractivity contribution is 1.18. The minimum absolute atomic E-state index is 1.23. The Morgan fingerprint density at radius 3 is 0.784 bits per heavy atom. The lowest BCUT2D eigenvalue weighted by Crippen LogP contribution is -1.94. The number of benzene rings is 8. The van der Waals surface area contributed by atoms with E-state index in [0.717, 1.165) is 0 Å². The van der Waals surface area contributed by atoms with Crippen molar-refractivity contribution in [2.24, 2.45) is 0 Å². The Morgan fingerprint density at radius 2 is 0.432 bits per heavy atom. The first-order valence-corrected chi connectivity index (χ1v) is 36.2. The monoisotopic (exact) mass is 1280 g/mol. The average molecular weight is 1280 g/mol. The van der Waals surface area contributed by atoms with E-state index >= 15 is 0 Å². The molecule has 0 aliphatic carbocycles. The van der Waals surface area contributed by atoms with Gasteiger partial charge in [0.25, 0.3) is 0 Å². The minimum Gasteiger partial charge on any atom is -0.307 e. The van der Waals surface area contributed by atoms with Gasteiger partial charge >= 0.3 is 0 Å². The molecule has 0 unspecified atom stereocenters. The van der Waals surface area contributed by atoms with Gasteiger partial charge < -0.3 is 18.3 Å². The predicted octanol–water partition coefficient (Wildman–Crippen LogP) is 25.6. The van der Waals surface area contributed by atoms with Crippen molar-refractivity contribution in [3.63, 3.8) is 0 Å². The zero-order valence-electron chi connectivity index (χ0n) is 49.2. The van der Waals surface area contributed by atoms with Crippen LogP contribution >= 0.6 is 90.7 Å². The maximum atomic E-state index is 2.56. The summed E-state index contributed by atoms with van der Waals surface area (Å²) < 4.78 is 32.7.